The molecule has 0 aliphatic rings. The van der Waals surface area contributed by atoms with Crippen LogP contribution in [0.2, 0.25) is 0 Å². The van der Waals surface area contributed by atoms with E-state index in [9.17, 15) is 4.79 Å². The average molecular weight is 304 g/mol. The molecule has 2 aromatic carbocycles. The Morgan fingerprint density at radius 1 is 1.00 bits per heavy atom. The summed E-state index contributed by atoms with van der Waals surface area (Å²) < 4.78 is 5.10. The molecule has 0 heterocycles. The van der Waals surface area contributed by atoms with E-state index in [-0.39, 0.29) is 12.1 Å². The summed E-state index contributed by atoms with van der Waals surface area (Å²) in [5.74, 6) is -0.219. The summed E-state index contributed by atoms with van der Waals surface area (Å²) in [5, 5.41) is 2.10. The average Bonchev–Trinajstić information content (AvgIpc) is 2.49. The van der Waals surface area contributed by atoms with Crippen LogP contribution in [0.4, 0.5) is 0 Å². The van der Waals surface area contributed by atoms with Crippen LogP contribution >= 0.6 is 6.04 Å². The molecule has 0 saturated carbocycles. The molecule has 0 aliphatic carbocycles. The molecule has 104 valence electrons. The molecule has 2 aromatic rings. The largest absolute Gasteiger partial charge is 0.466 e. The zero-order valence-corrected chi connectivity index (χ0v) is 13.1. The van der Waals surface area contributed by atoms with Crippen molar-refractivity contribution in [1.82, 2.24) is 0 Å². The zero-order chi connectivity index (χ0) is 14.4. The van der Waals surface area contributed by atoms with E-state index in [4.69, 9.17) is 16.5 Å². The van der Waals surface area contributed by atoms with E-state index in [1.165, 1.54) is 0 Å². The second kappa shape index (κ2) is 6.83. The third-order valence-electron chi connectivity index (χ3n) is 3.00. The van der Waals surface area contributed by atoms with Crippen molar-refractivity contribution in [2.75, 3.05) is 12.8 Å². The van der Waals surface area contributed by atoms with Crippen molar-refractivity contribution in [2.45, 2.75) is 6.92 Å². The normalized spacial score (nSPS) is 11.1. The number of rotatable bonds is 5. The van der Waals surface area contributed by atoms with Gasteiger partial charge in [-0.1, -0.05) is 72.5 Å². The van der Waals surface area contributed by atoms with Gasteiger partial charge in [0.05, 0.1) is 12.8 Å². The van der Waals surface area contributed by atoms with Crippen LogP contribution in [-0.4, -0.2) is 18.7 Å². The first-order valence-electron chi connectivity index (χ1n) is 6.52. The molecule has 2 rings (SSSR count). The zero-order valence-electron chi connectivity index (χ0n) is 11.4. The molecule has 4 heteroatoms. The SMILES string of the molecule is CCOC(=O)CP(=S)(c1ccccc1)c1ccccc1. The van der Waals surface area contributed by atoms with Gasteiger partial charge in [0.15, 0.2) is 0 Å². The first-order chi connectivity index (χ1) is 9.66. The quantitative estimate of drug-likeness (QED) is 0.627. The molecular formula is C16H17O2PS. The Labute approximate surface area is 124 Å². The highest BCUT2D eigenvalue weighted by Gasteiger charge is 2.26. The van der Waals surface area contributed by atoms with Crippen molar-refractivity contribution >= 4 is 34.4 Å². The van der Waals surface area contributed by atoms with Crippen LogP contribution in [0, 0.1) is 0 Å². The van der Waals surface area contributed by atoms with Gasteiger partial charge >= 0.3 is 5.97 Å². The van der Waals surface area contributed by atoms with Crippen LogP contribution in [-0.2, 0) is 21.3 Å². The highest BCUT2D eigenvalue weighted by Crippen LogP contribution is 2.43. The molecule has 0 aromatic heterocycles. The van der Waals surface area contributed by atoms with Crippen LogP contribution in [0.25, 0.3) is 0 Å². The van der Waals surface area contributed by atoms with Gasteiger partial charge in [-0.15, -0.1) is 0 Å². The molecule has 0 fully saturated rings. The number of ether oxygens (including phenoxy) is 1. The van der Waals surface area contributed by atoms with Gasteiger partial charge in [-0.3, -0.25) is 4.79 Å². The standard InChI is InChI=1S/C16H17O2PS/c1-2-18-16(17)13-19(20,14-9-5-3-6-10-14)15-11-7-4-8-12-15/h3-12H,2,13H2,1H3. The molecule has 0 unspecified atom stereocenters. The van der Waals surface area contributed by atoms with Gasteiger partial charge in [0.1, 0.15) is 0 Å². The van der Waals surface area contributed by atoms with Crippen LogP contribution in [0.1, 0.15) is 6.92 Å². The fourth-order valence-electron chi connectivity index (χ4n) is 2.06. The highest BCUT2D eigenvalue weighted by atomic mass is 32.4. The Kier molecular flexibility index (Phi) is 5.11. The first kappa shape index (κ1) is 15.0. The van der Waals surface area contributed by atoms with E-state index < -0.39 is 6.04 Å². The van der Waals surface area contributed by atoms with Crippen molar-refractivity contribution in [3.05, 3.63) is 60.7 Å². The molecule has 0 N–H and O–H groups in total. The van der Waals surface area contributed by atoms with Gasteiger partial charge in [-0.2, -0.15) is 0 Å². The number of hydrogen-bond acceptors (Lipinski definition) is 3. The van der Waals surface area contributed by atoms with Crippen LogP contribution < -0.4 is 10.6 Å². The third kappa shape index (κ3) is 3.36. The first-order valence-corrected chi connectivity index (χ1v) is 9.51. The number of esters is 1. The Hall–Kier alpha value is -1.44. The van der Waals surface area contributed by atoms with Gasteiger partial charge in [0, 0.05) is 6.04 Å². The van der Waals surface area contributed by atoms with E-state index in [0.29, 0.717) is 6.61 Å². The highest BCUT2D eigenvalue weighted by molar-refractivity contribution is 8.22. The van der Waals surface area contributed by atoms with Gasteiger partial charge < -0.3 is 4.74 Å². The van der Waals surface area contributed by atoms with Crippen molar-refractivity contribution in [1.29, 1.82) is 0 Å². The van der Waals surface area contributed by atoms with E-state index in [2.05, 4.69) is 0 Å². The van der Waals surface area contributed by atoms with Crippen molar-refractivity contribution in [2.24, 2.45) is 0 Å². The Balaban J connectivity index is 2.44. The van der Waals surface area contributed by atoms with E-state index in [0.717, 1.165) is 10.6 Å². The fourth-order valence-corrected chi connectivity index (χ4v) is 5.53. The van der Waals surface area contributed by atoms with E-state index in [1.54, 1.807) is 0 Å². The molecule has 0 amide bonds. The monoisotopic (exact) mass is 304 g/mol. The molecule has 0 bridgehead atoms. The summed E-state index contributed by atoms with van der Waals surface area (Å²) in [6.45, 7) is 2.20. The lowest BCUT2D eigenvalue weighted by atomic mass is 10.4. The maximum absolute atomic E-state index is 11.9. The maximum Gasteiger partial charge on any atom is 0.311 e. The Morgan fingerprint density at radius 3 is 1.85 bits per heavy atom. The summed E-state index contributed by atoms with van der Waals surface area (Å²) in [4.78, 5) is 11.9. The van der Waals surface area contributed by atoms with E-state index >= 15 is 0 Å². The van der Waals surface area contributed by atoms with Crippen molar-refractivity contribution in [3.63, 3.8) is 0 Å². The second-order valence-electron chi connectivity index (χ2n) is 4.37. The lowest BCUT2D eigenvalue weighted by Gasteiger charge is -2.22. The van der Waals surface area contributed by atoms with Gasteiger partial charge in [-0.05, 0) is 17.5 Å². The van der Waals surface area contributed by atoms with Crippen LogP contribution in [0.3, 0.4) is 0 Å². The molecule has 0 saturated heterocycles. The summed E-state index contributed by atoms with van der Waals surface area (Å²) in [7, 11) is 0. The molecule has 0 atom stereocenters. The van der Waals surface area contributed by atoms with Gasteiger partial charge in [0.25, 0.3) is 0 Å². The van der Waals surface area contributed by atoms with Gasteiger partial charge in [-0.25, -0.2) is 0 Å². The van der Waals surface area contributed by atoms with Crippen LogP contribution in [0.5, 0.6) is 0 Å². The number of carbonyl (C=O) groups excluding carboxylic acids is 1. The second-order valence-corrected chi connectivity index (χ2v) is 9.07. The molecule has 0 aliphatic heterocycles. The molecule has 0 spiro atoms. The minimum atomic E-state index is -2.15. The third-order valence-corrected chi connectivity index (χ3v) is 7.62. The van der Waals surface area contributed by atoms with Crippen molar-refractivity contribution < 1.29 is 9.53 Å². The number of benzene rings is 2. The Bertz CT molecular complexity index is 567. The number of carbonyl (C=O) groups is 1. The summed E-state index contributed by atoms with van der Waals surface area (Å²) in [6, 6.07) is 17.6. The van der Waals surface area contributed by atoms with Gasteiger partial charge in [0.2, 0.25) is 0 Å². The smallest absolute Gasteiger partial charge is 0.311 e. The molecule has 0 radical (unpaired) electrons. The fraction of sp³-hybridized carbons (Fsp3) is 0.188. The summed E-state index contributed by atoms with van der Waals surface area (Å²) >= 11 is 5.94. The molecular weight excluding hydrogens is 287 g/mol. The van der Waals surface area contributed by atoms with Crippen molar-refractivity contribution in [3.8, 4) is 0 Å². The molecule has 2 nitrogen and oxygen atoms in total. The summed E-state index contributed by atoms with van der Waals surface area (Å²) in [5.41, 5.74) is 0. The minimum absolute atomic E-state index is 0.219. The number of hydrogen-bond donors (Lipinski definition) is 0. The predicted molar refractivity (Wildman–Crippen MR) is 87.9 cm³/mol. The topological polar surface area (TPSA) is 26.3 Å². The minimum Gasteiger partial charge on any atom is -0.466 e. The lowest BCUT2D eigenvalue weighted by Crippen LogP contribution is -2.23. The van der Waals surface area contributed by atoms with E-state index in [1.807, 2.05) is 67.6 Å². The molecule has 20 heavy (non-hydrogen) atoms. The maximum atomic E-state index is 11.9. The lowest BCUT2D eigenvalue weighted by molar-refractivity contribution is -0.139. The summed E-state index contributed by atoms with van der Waals surface area (Å²) in [6.07, 6.45) is 0.268. The predicted octanol–water partition coefficient (Wildman–Crippen LogP) is 2.68. The Morgan fingerprint density at radius 2 is 1.45 bits per heavy atom. The van der Waals surface area contributed by atoms with Crippen LogP contribution in [0.15, 0.2) is 60.7 Å².